The largest absolute Gasteiger partial charge is 0.415 e. The van der Waals surface area contributed by atoms with E-state index < -0.39 is 56.7 Å². The molecule has 15 heteroatoms. The van der Waals surface area contributed by atoms with E-state index in [1.54, 1.807) is 0 Å². The first kappa shape index (κ1) is 25.0. The molecule has 12 nitrogen and oxygen atoms in total. The van der Waals surface area contributed by atoms with E-state index >= 15 is 0 Å². The van der Waals surface area contributed by atoms with E-state index in [2.05, 4.69) is 15.6 Å². The number of nitrogens with zero attached hydrogens (tertiary/aromatic N) is 3. The lowest BCUT2D eigenvalue weighted by Crippen LogP contribution is -2.57. The van der Waals surface area contributed by atoms with Gasteiger partial charge >= 0.3 is 0 Å². The molecule has 0 aromatic carbocycles. The lowest BCUT2D eigenvalue weighted by atomic mass is 9.89. The quantitative estimate of drug-likeness (QED) is 0.395. The fourth-order valence-electron chi connectivity index (χ4n) is 3.62. The van der Waals surface area contributed by atoms with Crippen molar-refractivity contribution in [3.63, 3.8) is 0 Å². The lowest BCUT2D eigenvalue weighted by molar-refractivity contribution is -0.0592. The zero-order chi connectivity index (χ0) is 24.1. The number of rotatable bonds is 7. The minimum Gasteiger partial charge on any atom is -0.415 e. The maximum Gasteiger partial charge on any atom is 0.292 e. The minimum absolute atomic E-state index is 0.0197. The van der Waals surface area contributed by atoms with Crippen LogP contribution in [0.1, 0.15) is 16.7 Å². The summed E-state index contributed by atoms with van der Waals surface area (Å²) >= 11 is 0. The van der Waals surface area contributed by atoms with E-state index in [1.165, 1.54) is 17.9 Å². The molecule has 4 atom stereocenters. The Morgan fingerprint density at radius 3 is 2.44 bits per heavy atom. The minimum atomic E-state index is -4.09. The molecule has 2 unspecified atom stereocenters. The average Bonchev–Trinajstić information content (AvgIpc) is 3.27. The number of hydrogen-bond donors (Lipinski definition) is 2. The van der Waals surface area contributed by atoms with Crippen LogP contribution in [0.5, 0.6) is 0 Å². The van der Waals surface area contributed by atoms with Gasteiger partial charge in [0.15, 0.2) is 28.5 Å². The Balaban J connectivity index is 2.15. The summed E-state index contributed by atoms with van der Waals surface area (Å²) in [5.41, 5.74) is 4.67. The van der Waals surface area contributed by atoms with Crippen molar-refractivity contribution in [3.8, 4) is 0 Å². The number of nitrogens with one attached hydrogen (secondary N) is 1. The SMILES string of the molecule is CNC(=O)c1cnnn1[C@@H]1OC(CO[Si](C)(C)C)C2(OS(=O)(=O)C=C2N)[C@H]1O[Si](C)(C)C. The van der Waals surface area contributed by atoms with E-state index in [4.69, 9.17) is 23.5 Å². The van der Waals surface area contributed by atoms with Crippen molar-refractivity contribution in [1.29, 1.82) is 0 Å². The number of aromatic nitrogens is 3. The van der Waals surface area contributed by atoms with Gasteiger partial charge in [-0.15, -0.1) is 5.10 Å². The van der Waals surface area contributed by atoms with E-state index in [1.807, 2.05) is 39.3 Å². The molecular formula is C17H31N5O7SSi2. The highest BCUT2D eigenvalue weighted by atomic mass is 32.2. The fourth-order valence-corrected chi connectivity index (χ4v) is 6.55. The van der Waals surface area contributed by atoms with Crippen LogP contribution in [0.15, 0.2) is 17.3 Å². The van der Waals surface area contributed by atoms with Gasteiger partial charge < -0.3 is 24.6 Å². The van der Waals surface area contributed by atoms with Crippen molar-refractivity contribution in [2.75, 3.05) is 13.7 Å². The normalized spacial score (nSPS) is 30.0. The first-order chi connectivity index (χ1) is 14.6. The predicted molar refractivity (Wildman–Crippen MR) is 120 cm³/mol. The molecule has 0 aliphatic carbocycles. The Hall–Kier alpha value is -1.63. The summed E-state index contributed by atoms with van der Waals surface area (Å²) in [4.78, 5) is 12.4. The van der Waals surface area contributed by atoms with Gasteiger partial charge in [-0.3, -0.25) is 4.79 Å². The highest BCUT2D eigenvalue weighted by Crippen LogP contribution is 2.49. The highest BCUT2D eigenvalue weighted by Gasteiger charge is 2.66. The Morgan fingerprint density at radius 1 is 1.28 bits per heavy atom. The van der Waals surface area contributed by atoms with Crippen LogP contribution in [0.3, 0.4) is 0 Å². The van der Waals surface area contributed by atoms with Gasteiger partial charge in [0.2, 0.25) is 0 Å². The van der Waals surface area contributed by atoms with Gasteiger partial charge in [-0.25, -0.2) is 8.86 Å². The molecule has 1 spiro atoms. The monoisotopic (exact) mass is 505 g/mol. The molecule has 32 heavy (non-hydrogen) atoms. The first-order valence-corrected chi connectivity index (χ1v) is 18.4. The van der Waals surface area contributed by atoms with Gasteiger partial charge in [0.1, 0.15) is 17.9 Å². The second-order valence-corrected chi connectivity index (χ2v) is 20.0. The smallest absolute Gasteiger partial charge is 0.292 e. The van der Waals surface area contributed by atoms with Gasteiger partial charge in [0, 0.05) is 7.05 Å². The molecule has 1 fully saturated rings. The van der Waals surface area contributed by atoms with E-state index in [0.717, 1.165) is 5.41 Å². The molecule has 3 heterocycles. The topological polar surface area (TPSA) is 157 Å². The molecule has 3 rings (SSSR count). The molecule has 2 aliphatic heterocycles. The van der Waals surface area contributed by atoms with Gasteiger partial charge in [-0.05, 0) is 39.3 Å². The summed E-state index contributed by atoms with van der Waals surface area (Å²) < 4.78 is 50.5. The summed E-state index contributed by atoms with van der Waals surface area (Å²) in [6, 6.07) is 0. The van der Waals surface area contributed by atoms with Gasteiger partial charge in [-0.2, -0.15) is 8.42 Å². The van der Waals surface area contributed by atoms with Gasteiger partial charge in [0.05, 0.1) is 23.9 Å². The van der Waals surface area contributed by atoms with Crippen LogP contribution in [-0.4, -0.2) is 77.4 Å². The number of amides is 1. The summed E-state index contributed by atoms with van der Waals surface area (Å²) in [5.74, 6) is -0.440. The van der Waals surface area contributed by atoms with Crippen LogP contribution in [-0.2, 0) is 27.9 Å². The molecule has 2 aliphatic rings. The summed E-state index contributed by atoms with van der Waals surface area (Å²) in [7, 11) is -6.95. The Kier molecular flexibility index (Phi) is 6.49. The zero-order valence-electron chi connectivity index (χ0n) is 19.3. The number of carbonyl (C=O) groups is 1. The second-order valence-electron chi connectivity index (χ2n) is 9.67. The van der Waals surface area contributed by atoms with Crippen LogP contribution in [0.2, 0.25) is 39.3 Å². The standard InChI is InChI=1S/C17H31N5O7SSi2/c1-19-15(23)11-8-20-21-22(11)16-14(28-32(5,6)7)17(12(18)10-30(24,25)29-17)13(27-16)9-26-31(2,3)4/h8,10,13-14,16H,9,18H2,1-7H3,(H,19,23)/t13?,14-,16+,17?/m0/s1. The molecule has 1 aromatic heterocycles. The van der Waals surface area contributed by atoms with Crippen LogP contribution in [0, 0.1) is 0 Å². The van der Waals surface area contributed by atoms with Crippen molar-refractivity contribution in [2.24, 2.45) is 5.73 Å². The third kappa shape index (κ3) is 4.83. The Labute approximate surface area is 189 Å². The maximum atomic E-state index is 12.5. The van der Waals surface area contributed by atoms with Crippen LogP contribution in [0.25, 0.3) is 0 Å². The number of ether oxygens (including phenoxy) is 1. The lowest BCUT2D eigenvalue weighted by Gasteiger charge is -2.37. The van der Waals surface area contributed by atoms with Crippen molar-refractivity contribution in [3.05, 3.63) is 23.0 Å². The molecule has 180 valence electrons. The molecule has 0 bridgehead atoms. The molecule has 1 amide bonds. The van der Waals surface area contributed by atoms with E-state index in [-0.39, 0.29) is 18.0 Å². The third-order valence-corrected chi connectivity index (χ3v) is 7.91. The van der Waals surface area contributed by atoms with Crippen molar-refractivity contribution in [1.82, 2.24) is 20.3 Å². The second kappa shape index (κ2) is 8.30. The van der Waals surface area contributed by atoms with Crippen LogP contribution in [0.4, 0.5) is 0 Å². The molecule has 3 N–H and O–H groups in total. The van der Waals surface area contributed by atoms with Crippen molar-refractivity contribution >= 4 is 32.7 Å². The van der Waals surface area contributed by atoms with Crippen LogP contribution < -0.4 is 11.1 Å². The first-order valence-electron chi connectivity index (χ1n) is 10.1. The highest BCUT2D eigenvalue weighted by molar-refractivity contribution is 7.90. The average molecular weight is 506 g/mol. The predicted octanol–water partition coefficient (Wildman–Crippen LogP) is 0.506. The molecule has 0 radical (unpaired) electrons. The number of carbonyl (C=O) groups excluding carboxylic acids is 1. The number of nitrogens with two attached hydrogens (primary N) is 1. The number of hydrogen-bond acceptors (Lipinski definition) is 10. The van der Waals surface area contributed by atoms with Gasteiger partial charge in [0.25, 0.3) is 16.0 Å². The summed E-state index contributed by atoms with van der Waals surface area (Å²) in [5, 5.41) is 11.3. The third-order valence-electron chi connectivity index (χ3n) is 4.86. The van der Waals surface area contributed by atoms with Crippen molar-refractivity contribution < 1.29 is 31.0 Å². The van der Waals surface area contributed by atoms with Crippen molar-refractivity contribution in [2.45, 2.75) is 63.3 Å². The van der Waals surface area contributed by atoms with Gasteiger partial charge in [-0.1, -0.05) is 5.21 Å². The molecular weight excluding hydrogens is 474 g/mol. The Morgan fingerprint density at radius 2 is 1.94 bits per heavy atom. The van der Waals surface area contributed by atoms with Crippen LogP contribution >= 0.6 is 0 Å². The Bertz CT molecular complexity index is 1020. The molecule has 0 saturated carbocycles. The fraction of sp³-hybridized carbons (Fsp3) is 0.706. The summed E-state index contributed by atoms with van der Waals surface area (Å²) in [6.07, 6.45) is -1.71. The molecule has 1 aromatic rings. The van der Waals surface area contributed by atoms with E-state index in [0.29, 0.717) is 0 Å². The molecule has 1 saturated heterocycles. The van der Waals surface area contributed by atoms with E-state index in [9.17, 15) is 13.2 Å². The maximum absolute atomic E-state index is 12.5. The zero-order valence-corrected chi connectivity index (χ0v) is 22.1. The summed E-state index contributed by atoms with van der Waals surface area (Å²) in [6.45, 7) is 11.8.